The zero-order chi connectivity index (χ0) is 14.9. The number of hydrogen-bond acceptors (Lipinski definition) is 3. The molecule has 1 aliphatic heterocycles. The Morgan fingerprint density at radius 3 is 2.75 bits per heavy atom. The number of carboxylic acids is 1. The summed E-state index contributed by atoms with van der Waals surface area (Å²) >= 11 is 6.01. The molecule has 1 aromatic carbocycles. The van der Waals surface area contributed by atoms with E-state index in [9.17, 15) is 14.7 Å². The standard InChI is InChI=1S/C13H15ClN2O4/c1-7-2-3-10(9(14)4-7)15-13(20)16-6-8(17)5-11(16)12(18)19/h2-4,8,11,17H,5-6H2,1H3,(H,15,20)(H,18,19)/t8?,11-/m0/s1. The summed E-state index contributed by atoms with van der Waals surface area (Å²) in [6.45, 7) is 1.86. The number of anilines is 1. The maximum atomic E-state index is 12.1. The Balaban J connectivity index is 2.13. The minimum atomic E-state index is -1.13. The highest BCUT2D eigenvalue weighted by Gasteiger charge is 2.39. The number of rotatable bonds is 2. The molecule has 20 heavy (non-hydrogen) atoms. The summed E-state index contributed by atoms with van der Waals surface area (Å²) in [5.41, 5.74) is 1.36. The highest BCUT2D eigenvalue weighted by Crippen LogP contribution is 2.25. The highest BCUT2D eigenvalue weighted by atomic mass is 35.5. The maximum absolute atomic E-state index is 12.1. The largest absolute Gasteiger partial charge is 0.480 e. The average Bonchev–Trinajstić information content (AvgIpc) is 2.75. The molecular formula is C13H15ClN2O4. The fraction of sp³-hybridized carbons (Fsp3) is 0.385. The Bertz CT molecular complexity index is 549. The number of aliphatic hydroxyl groups is 1. The van der Waals surface area contributed by atoms with Crippen LogP contribution in [-0.4, -0.2) is 45.8 Å². The number of amides is 2. The summed E-state index contributed by atoms with van der Waals surface area (Å²) in [5.74, 6) is -1.13. The summed E-state index contributed by atoms with van der Waals surface area (Å²) in [7, 11) is 0. The van der Waals surface area contributed by atoms with Crippen LogP contribution < -0.4 is 5.32 Å². The number of halogens is 1. The molecule has 1 unspecified atom stereocenters. The first kappa shape index (κ1) is 14.6. The molecule has 0 bridgehead atoms. The Labute approximate surface area is 121 Å². The van der Waals surface area contributed by atoms with Crippen molar-refractivity contribution in [2.75, 3.05) is 11.9 Å². The maximum Gasteiger partial charge on any atom is 0.326 e. The number of carboxylic acid groups (broad SMARTS) is 1. The van der Waals surface area contributed by atoms with Crippen LogP contribution in [0.2, 0.25) is 5.02 Å². The molecule has 1 fully saturated rings. The summed E-state index contributed by atoms with van der Waals surface area (Å²) in [5, 5.41) is 21.5. The molecule has 0 spiro atoms. The van der Waals surface area contributed by atoms with Gasteiger partial charge in [0.15, 0.2) is 0 Å². The fourth-order valence-electron chi connectivity index (χ4n) is 2.18. The second-order valence-corrected chi connectivity index (χ2v) is 5.22. The molecule has 1 saturated heterocycles. The predicted molar refractivity (Wildman–Crippen MR) is 74.0 cm³/mol. The van der Waals surface area contributed by atoms with Crippen molar-refractivity contribution in [1.29, 1.82) is 0 Å². The number of nitrogens with zero attached hydrogens (tertiary/aromatic N) is 1. The van der Waals surface area contributed by atoms with Crippen LogP contribution in [0.1, 0.15) is 12.0 Å². The van der Waals surface area contributed by atoms with E-state index < -0.39 is 24.1 Å². The summed E-state index contributed by atoms with van der Waals surface area (Å²) in [4.78, 5) is 24.3. The average molecular weight is 299 g/mol. The van der Waals surface area contributed by atoms with E-state index in [0.717, 1.165) is 10.5 Å². The van der Waals surface area contributed by atoms with Crippen LogP contribution in [0.15, 0.2) is 18.2 Å². The third-order valence-electron chi connectivity index (χ3n) is 3.19. The molecule has 6 nitrogen and oxygen atoms in total. The molecule has 2 rings (SSSR count). The molecule has 108 valence electrons. The van der Waals surface area contributed by atoms with Gasteiger partial charge in [0.05, 0.1) is 16.8 Å². The number of urea groups is 1. The van der Waals surface area contributed by atoms with Crippen molar-refractivity contribution in [3.05, 3.63) is 28.8 Å². The van der Waals surface area contributed by atoms with Crippen LogP contribution in [0, 0.1) is 6.92 Å². The van der Waals surface area contributed by atoms with Gasteiger partial charge in [-0.2, -0.15) is 0 Å². The first-order valence-electron chi connectivity index (χ1n) is 6.13. The fourth-order valence-corrected chi connectivity index (χ4v) is 2.46. The van der Waals surface area contributed by atoms with E-state index in [2.05, 4.69) is 5.32 Å². The van der Waals surface area contributed by atoms with Crippen molar-refractivity contribution >= 4 is 29.3 Å². The minimum Gasteiger partial charge on any atom is -0.480 e. The molecule has 0 aliphatic carbocycles. The number of likely N-dealkylation sites (tertiary alicyclic amines) is 1. The number of nitrogens with one attached hydrogen (secondary N) is 1. The van der Waals surface area contributed by atoms with Crippen LogP contribution in [0.5, 0.6) is 0 Å². The van der Waals surface area contributed by atoms with E-state index in [1.807, 2.05) is 6.92 Å². The summed E-state index contributed by atoms with van der Waals surface area (Å²) in [6.07, 6.45) is -0.792. The molecule has 2 amide bonds. The van der Waals surface area contributed by atoms with E-state index in [1.54, 1.807) is 18.2 Å². The predicted octanol–water partition coefficient (Wildman–Crippen LogP) is 1.70. The van der Waals surface area contributed by atoms with Crippen LogP contribution in [0.25, 0.3) is 0 Å². The van der Waals surface area contributed by atoms with Gasteiger partial charge in [-0.3, -0.25) is 0 Å². The van der Waals surface area contributed by atoms with Gasteiger partial charge in [-0.25, -0.2) is 9.59 Å². The quantitative estimate of drug-likeness (QED) is 0.775. The van der Waals surface area contributed by atoms with Gasteiger partial charge in [0.2, 0.25) is 0 Å². The molecule has 3 N–H and O–H groups in total. The number of β-amino-alcohol motifs (C(OH)–C–C–N with tert-alkyl or cyclic N) is 1. The smallest absolute Gasteiger partial charge is 0.326 e. The Kier molecular flexibility index (Phi) is 4.15. The topological polar surface area (TPSA) is 89.9 Å². The second-order valence-electron chi connectivity index (χ2n) is 4.81. The van der Waals surface area contributed by atoms with E-state index in [-0.39, 0.29) is 13.0 Å². The Morgan fingerprint density at radius 1 is 1.45 bits per heavy atom. The van der Waals surface area contributed by atoms with Crippen LogP contribution in [0.3, 0.4) is 0 Å². The lowest BCUT2D eigenvalue weighted by Crippen LogP contribution is -2.43. The van der Waals surface area contributed by atoms with Gasteiger partial charge in [-0.05, 0) is 24.6 Å². The van der Waals surface area contributed by atoms with Gasteiger partial charge in [0.1, 0.15) is 6.04 Å². The van der Waals surface area contributed by atoms with Gasteiger partial charge in [0, 0.05) is 13.0 Å². The number of benzene rings is 1. The molecule has 1 aliphatic rings. The SMILES string of the molecule is Cc1ccc(NC(=O)N2CC(O)C[C@H]2C(=O)O)c(Cl)c1. The number of aliphatic carboxylic acids is 1. The van der Waals surface area contributed by atoms with E-state index in [0.29, 0.717) is 10.7 Å². The summed E-state index contributed by atoms with van der Waals surface area (Å²) < 4.78 is 0. The number of hydrogen-bond donors (Lipinski definition) is 3. The third kappa shape index (κ3) is 3.02. The van der Waals surface area contributed by atoms with Crippen molar-refractivity contribution in [1.82, 2.24) is 4.90 Å². The van der Waals surface area contributed by atoms with Crippen molar-refractivity contribution in [2.45, 2.75) is 25.5 Å². The van der Waals surface area contributed by atoms with Gasteiger partial charge in [-0.1, -0.05) is 17.7 Å². The molecule has 1 aromatic rings. The first-order chi connectivity index (χ1) is 9.38. The first-order valence-corrected chi connectivity index (χ1v) is 6.51. The monoisotopic (exact) mass is 298 g/mol. The van der Waals surface area contributed by atoms with Gasteiger partial charge < -0.3 is 20.4 Å². The third-order valence-corrected chi connectivity index (χ3v) is 3.50. The van der Waals surface area contributed by atoms with Crippen LogP contribution in [0.4, 0.5) is 10.5 Å². The minimum absolute atomic E-state index is 0.00766. The number of aryl methyl sites for hydroxylation is 1. The zero-order valence-corrected chi connectivity index (χ0v) is 11.6. The lowest BCUT2D eigenvalue weighted by molar-refractivity contribution is -0.141. The molecule has 2 atom stereocenters. The van der Waals surface area contributed by atoms with E-state index in [4.69, 9.17) is 16.7 Å². The number of carbonyl (C=O) groups is 2. The second kappa shape index (κ2) is 5.68. The number of carbonyl (C=O) groups excluding carboxylic acids is 1. The lowest BCUT2D eigenvalue weighted by atomic mass is 10.2. The molecule has 0 radical (unpaired) electrons. The van der Waals surface area contributed by atoms with Crippen molar-refractivity contribution < 1.29 is 19.8 Å². The van der Waals surface area contributed by atoms with E-state index in [1.165, 1.54) is 0 Å². The van der Waals surface area contributed by atoms with Crippen LogP contribution in [-0.2, 0) is 4.79 Å². The van der Waals surface area contributed by atoms with Gasteiger partial charge in [0.25, 0.3) is 0 Å². The van der Waals surface area contributed by atoms with Crippen LogP contribution >= 0.6 is 11.6 Å². The van der Waals surface area contributed by atoms with Crippen molar-refractivity contribution in [3.63, 3.8) is 0 Å². The zero-order valence-electron chi connectivity index (χ0n) is 10.8. The molecule has 1 heterocycles. The highest BCUT2D eigenvalue weighted by molar-refractivity contribution is 6.33. The van der Waals surface area contributed by atoms with Crippen molar-refractivity contribution in [3.8, 4) is 0 Å². The summed E-state index contributed by atoms with van der Waals surface area (Å²) in [6, 6.07) is 3.53. The lowest BCUT2D eigenvalue weighted by Gasteiger charge is -2.22. The Hall–Kier alpha value is -1.79. The van der Waals surface area contributed by atoms with Crippen molar-refractivity contribution in [2.24, 2.45) is 0 Å². The van der Waals surface area contributed by atoms with Gasteiger partial charge in [-0.15, -0.1) is 0 Å². The Morgan fingerprint density at radius 2 is 2.15 bits per heavy atom. The molecule has 7 heteroatoms. The molecule has 0 saturated carbocycles. The van der Waals surface area contributed by atoms with Gasteiger partial charge >= 0.3 is 12.0 Å². The molecule has 0 aromatic heterocycles. The van der Waals surface area contributed by atoms with E-state index >= 15 is 0 Å². The normalized spacial score (nSPS) is 21.9. The molecular weight excluding hydrogens is 284 g/mol. The number of aliphatic hydroxyl groups excluding tert-OH is 1.